The summed E-state index contributed by atoms with van der Waals surface area (Å²) in [5.41, 5.74) is 0.505. The minimum atomic E-state index is -1.31. The molecule has 31 heavy (non-hydrogen) atoms. The summed E-state index contributed by atoms with van der Waals surface area (Å²) in [6.45, 7) is 2.42. The lowest BCUT2D eigenvalue weighted by Gasteiger charge is -2.38. The topological polar surface area (TPSA) is 173 Å². The lowest BCUT2D eigenvalue weighted by atomic mass is 10.0. The molecule has 0 aromatic carbocycles. The van der Waals surface area contributed by atoms with Gasteiger partial charge in [-0.3, -0.25) is 4.79 Å². The Balaban J connectivity index is 1.59. The molecule has 1 aromatic rings. The van der Waals surface area contributed by atoms with E-state index in [9.17, 15) is 24.9 Å². The Kier molecular flexibility index (Phi) is 9.88. The molecule has 0 radical (unpaired) electrons. The van der Waals surface area contributed by atoms with Crippen molar-refractivity contribution in [3.05, 3.63) is 23.5 Å². The molecule has 2 heterocycles. The standard InChI is InChI=1S/C20H33N3O8/c1-11-15(24)16(25)17(26)20(31-11)30-10-6-4-3-5-9-22-18(27)14(21-2)12-7-8-13(23-12)19(28)29/h7-8,11,14-17,20-21,23-26H,3-6,9-10H2,1-2H3,(H,22,27)(H,28,29)/t11?,14-,15?,16?,17?,20?/m0/s1. The third kappa shape index (κ3) is 6.99. The van der Waals surface area contributed by atoms with Crippen molar-refractivity contribution >= 4 is 11.9 Å². The summed E-state index contributed by atoms with van der Waals surface area (Å²) in [7, 11) is 1.62. The highest BCUT2D eigenvalue weighted by Gasteiger charge is 2.42. The summed E-state index contributed by atoms with van der Waals surface area (Å²) in [5.74, 6) is -1.33. The molecule has 1 aliphatic rings. The molecule has 1 saturated heterocycles. The summed E-state index contributed by atoms with van der Waals surface area (Å²) in [5, 5.41) is 44.0. The molecular formula is C20H33N3O8. The highest BCUT2D eigenvalue weighted by Crippen LogP contribution is 2.22. The van der Waals surface area contributed by atoms with E-state index in [2.05, 4.69) is 15.6 Å². The normalized spacial score (nSPS) is 27.1. The largest absolute Gasteiger partial charge is 0.477 e. The van der Waals surface area contributed by atoms with E-state index in [1.165, 1.54) is 6.07 Å². The molecule has 0 bridgehead atoms. The second kappa shape index (κ2) is 12.1. The number of carbonyl (C=O) groups excluding carboxylic acids is 1. The lowest BCUT2D eigenvalue weighted by Crippen LogP contribution is -2.57. The quantitative estimate of drug-likeness (QED) is 0.210. The maximum atomic E-state index is 12.3. The Morgan fingerprint density at radius 2 is 1.84 bits per heavy atom. The van der Waals surface area contributed by atoms with E-state index in [1.807, 2.05) is 0 Å². The number of nitrogens with one attached hydrogen (secondary N) is 3. The van der Waals surface area contributed by atoms with Gasteiger partial charge in [0.1, 0.15) is 30.0 Å². The summed E-state index contributed by atoms with van der Waals surface area (Å²) >= 11 is 0. The summed E-state index contributed by atoms with van der Waals surface area (Å²) in [4.78, 5) is 26.0. The van der Waals surface area contributed by atoms with Gasteiger partial charge in [-0.2, -0.15) is 0 Å². The number of carboxylic acid groups (broad SMARTS) is 1. The van der Waals surface area contributed by atoms with Gasteiger partial charge in [0.15, 0.2) is 6.29 Å². The van der Waals surface area contributed by atoms with Crippen molar-refractivity contribution in [3.63, 3.8) is 0 Å². The van der Waals surface area contributed by atoms with Crippen LogP contribution >= 0.6 is 0 Å². The van der Waals surface area contributed by atoms with Crippen LogP contribution in [0.1, 0.15) is 54.8 Å². The number of unbranched alkanes of at least 4 members (excludes halogenated alkanes) is 3. The van der Waals surface area contributed by atoms with Gasteiger partial charge in [-0.15, -0.1) is 0 Å². The monoisotopic (exact) mass is 443 g/mol. The number of carbonyl (C=O) groups is 2. The average molecular weight is 443 g/mol. The van der Waals surface area contributed by atoms with Gasteiger partial charge in [0.2, 0.25) is 5.91 Å². The molecule has 11 nitrogen and oxygen atoms in total. The Bertz CT molecular complexity index is 712. The van der Waals surface area contributed by atoms with Gasteiger partial charge in [-0.05, 0) is 38.9 Å². The van der Waals surface area contributed by atoms with Gasteiger partial charge in [-0.25, -0.2) is 4.79 Å². The number of hydrogen-bond donors (Lipinski definition) is 7. The summed E-state index contributed by atoms with van der Waals surface area (Å²) in [6.07, 6.45) is -2.18. The Morgan fingerprint density at radius 1 is 1.13 bits per heavy atom. The second-order valence-electron chi connectivity index (χ2n) is 7.61. The molecule has 6 atom stereocenters. The number of aliphatic hydroxyl groups excluding tert-OH is 3. The van der Waals surface area contributed by atoms with Crippen LogP contribution < -0.4 is 10.6 Å². The van der Waals surface area contributed by atoms with Crippen LogP contribution in [0, 0.1) is 0 Å². The molecule has 11 heteroatoms. The zero-order valence-corrected chi connectivity index (χ0v) is 17.8. The molecule has 1 aliphatic heterocycles. The fourth-order valence-corrected chi connectivity index (χ4v) is 3.38. The zero-order chi connectivity index (χ0) is 23.0. The molecule has 1 aromatic heterocycles. The molecule has 7 N–H and O–H groups in total. The van der Waals surface area contributed by atoms with Crippen molar-refractivity contribution in [2.45, 2.75) is 69.4 Å². The summed E-state index contributed by atoms with van der Waals surface area (Å²) in [6, 6.07) is 2.32. The first kappa shape index (κ1) is 25.2. The van der Waals surface area contributed by atoms with E-state index in [-0.39, 0.29) is 11.6 Å². The van der Waals surface area contributed by atoms with E-state index in [1.54, 1.807) is 20.0 Å². The minimum Gasteiger partial charge on any atom is -0.477 e. The Hall–Kier alpha value is -2.02. The number of H-pyrrole nitrogens is 1. The summed E-state index contributed by atoms with van der Waals surface area (Å²) < 4.78 is 10.8. The molecule has 0 spiro atoms. The Morgan fingerprint density at radius 3 is 2.48 bits per heavy atom. The number of aromatic amines is 1. The number of ether oxygens (including phenoxy) is 2. The van der Waals surface area contributed by atoms with Crippen LogP contribution in [0.25, 0.3) is 0 Å². The van der Waals surface area contributed by atoms with Crippen molar-refractivity contribution < 1.29 is 39.5 Å². The molecule has 176 valence electrons. The molecular weight excluding hydrogens is 410 g/mol. The smallest absolute Gasteiger partial charge is 0.352 e. The second-order valence-corrected chi connectivity index (χ2v) is 7.61. The number of aromatic carboxylic acids is 1. The lowest BCUT2D eigenvalue weighted by molar-refractivity contribution is -0.293. The zero-order valence-electron chi connectivity index (χ0n) is 17.8. The number of aromatic nitrogens is 1. The van der Waals surface area contributed by atoms with Crippen molar-refractivity contribution in [1.29, 1.82) is 0 Å². The molecule has 2 rings (SSSR count). The third-order valence-corrected chi connectivity index (χ3v) is 5.26. The fraction of sp³-hybridized carbons (Fsp3) is 0.700. The van der Waals surface area contributed by atoms with Crippen molar-refractivity contribution in [2.24, 2.45) is 0 Å². The van der Waals surface area contributed by atoms with Gasteiger partial charge in [0.05, 0.1) is 6.10 Å². The number of rotatable bonds is 12. The fourth-order valence-electron chi connectivity index (χ4n) is 3.38. The maximum Gasteiger partial charge on any atom is 0.352 e. The van der Waals surface area contributed by atoms with Crippen LogP contribution in [-0.4, -0.2) is 88.2 Å². The maximum absolute atomic E-state index is 12.3. The first-order chi connectivity index (χ1) is 14.8. The predicted octanol–water partition coefficient (Wildman–Crippen LogP) is -0.506. The van der Waals surface area contributed by atoms with E-state index >= 15 is 0 Å². The first-order valence-electron chi connectivity index (χ1n) is 10.4. The van der Waals surface area contributed by atoms with Gasteiger partial charge < -0.3 is 45.5 Å². The molecule has 1 amide bonds. The third-order valence-electron chi connectivity index (χ3n) is 5.26. The van der Waals surface area contributed by atoms with Crippen LogP contribution in [0.3, 0.4) is 0 Å². The van der Waals surface area contributed by atoms with Crippen molar-refractivity contribution in [2.75, 3.05) is 20.2 Å². The molecule has 0 aliphatic carbocycles. The highest BCUT2D eigenvalue weighted by molar-refractivity contribution is 5.87. The predicted molar refractivity (Wildman–Crippen MR) is 109 cm³/mol. The molecule has 0 saturated carbocycles. The van der Waals surface area contributed by atoms with Crippen LogP contribution in [0.5, 0.6) is 0 Å². The van der Waals surface area contributed by atoms with E-state index in [4.69, 9.17) is 14.6 Å². The molecule has 5 unspecified atom stereocenters. The first-order valence-corrected chi connectivity index (χ1v) is 10.4. The highest BCUT2D eigenvalue weighted by atomic mass is 16.7. The average Bonchev–Trinajstić information content (AvgIpc) is 3.22. The van der Waals surface area contributed by atoms with Crippen molar-refractivity contribution in [3.8, 4) is 0 Å². The van der Waals surface area contributed by atoms with E-state index < -0.39 is 42.7 Å². The Labute approximate surface area is 180 Å². The van der Waals surface area contributed by atoms with Crippen LogP contribution in [0.2, 0.25) is 0 Å². The number of hydrogen-bond acceptors (Lipinski definition) is 8. The van der Waals surface area contributed by atoms with Crippen LogP contribution in [-0.2, 0) is 14.3 Å². The van der Waals surface area contributed by atoms with Crippen LogP contribution in [0.4, 0.5) is 0 Å². The van der Waals surface area contributed by atoms with Gasteiger partial charge in [0, 0.05) is 18.8 Å². The van der Waals surface area contributed by atoms with Gasteiger partial charge in [-0.1, -0.05) is 12.8 Å². The van der Waals surface area contributed by atoms with E-state index in [0.29, 0.717) is 25.3 Å². The molecule has 1 fully saturated rings. The van der Waals surface area contributed by atoms with Gasteiger partial charge in [0.25, 0.3) is 0 Å². The SMILES string of the molecule is CN[C@H](C(=O)NCCCCCCOC1OC(C)C(O)C(O)C1O)c1ccc(C(=O)O)[nH]1. The minimum absolute atomic E-state index is 0.0246. The van der Waals surface area contributed by atoms with Gasteiger partial charge >= 0.3 is 5.97 Å². The number of aliphatic hydroxyl groups is 3. The van der Waals surface area contributed by atoms with E-state index in [0.717, 1.165) is 19.3 Å². The van der Waals surface area contributed by atoms with Crippen LogP contribution in [0.15, 0.2) is 12.1 Å². The number of amides is 1. The number of likely N-dealkylation sites (N-methyl/N-ethyl adjacent to an activating group) is 1. The number of carboxylic acids is 1. The van der Waals surface area contributed by atoms with Crippen molar-refractivity contribution in [1.82, 2.24) is 15.6 Å².